The van der Waals surface area contributed by atoms with E-state index in [2.05, 4.69) is 15.0 Å². The molecule has 108 valence electrons. The van der Waals surface area contributed by atoms with Gasteiger partial charge in [-0.25, -0.2) is 9.97 Å². The van der Waals surface area contributed by atoms with Gasteiger partial charge < -0.3 is 4.74 Å². The van der Waals surface area contributed by atoms with Gasteiger partial charge in [0.1, 0.15) is 12.2 Å². The highest BCUT2D eigenvalue weighted by Gasteiger charge is 2.17. The van der Waals surface area contributed by atoms with Crippen molar-refractivity contribution in [2.45, 2.75) is 5.88 Å². The topological polar surface area (TPSA) is 52.8 Å². The lowest BCUT2D eigenvalue weighted by molar-refractivity contribution is 0.401. The van der Waals surface area contributed by atoms with Crippen LogP contribution >= 0.6 is 34.8 Å². The number of aromatic nitrogens is 4. The molecule has 0 atom stereocenters. The first-order valence-electron chi connectivity index (χ1n) is 5.93. The van der Waals surface area contributed by atoms with Gasteiger partial charge in [-0.15, -0.1) is 11.6 Å². The molecule has 8 heteroatoms. The highest BCUT2D eigenvalue weighted by molar-refractivity contribution is 6.42. The third kappa shape index (κ3) is 2.41. The summed E-state index contributed by atoms with van der Waals surface area (Å²) >= 11 is 18.0. The van der Waals surface area contributed by atoms with Crippen molar-refractivity contribution in [1.29, 1.82) is 0 Å². The van der Waals surface area contributed by atoms with Gasteiger partial charge in [0.25, 0.3) is 0 Å². The molecule has 0 saturated heterocycles. The number of imidazole rings is 1. The summed E-state index contributed by atoms with van der Waals surface area (Å²) in [4.78, 5) is 12.7. The van der Waals surface area contributed by atoms with Crippen molar-refractivity contribution in [3.05, 3.63) is 40.4 Å². The number of hydrogen-bond acceptors (Lipinski definition) is 4. The van der Waals surface area contributed by atoms with Crippen molar-refractivity contribution < 1.29 is 4.74 Å². The molecule has 21 heavy (non-hydrogen) atoms. The molecule has 0 radical (unpaired) electrons. The zero-order valence-electron chi connectivity index (χ0n) is 10.8. The van der Waals surface area contributed by atoms with Crippen molar-refractivity contribution in [3.8, 4) is 11.6 Å². The Kier molecular flexibility index (Phi) is 3.89. The molecular weight excluding hydrogens is 335 g/mol. The van der Waals surface area contributed by atoms with E-state index in [0.29, 0.717) is 32.9 Å². The number of nitrogens with zero attached hydrogens (tertiary/aromatic N) is 4. The highest BCUT2D eigenvalue weighted by Crippen LogP contribution is 2.29. The molecule has 3 rings (SSSR count). The number of halogens is 3. The van der Waals surface area contributed by atoms with Gasteiger partial charge in [0.05, 0.1) is 28.7 Å². The van der Waals surface area contributed by atoms with Crippen molar-refractivity contribution in [2.24, 2.45) is 0 Å². The summed E-state index contributed by atoms with van der Waals surface area (Å²) in [5.74, 6) is 1.22. The van der Waals surface area contributed by atoms with Crippen LogP contribution in [0.2, 0.25) is 10.0 Å². The van der Waals surface area contributed by atoms with Crippen molar-refractivity contribution in [1.82, 2.24) is 19.5 Å². The summed E-state index contributed by atoms with van der Waals surface area (Å²) in [5.41, 5.74) is 1.90. The first-order chi connectivity index (χ1) is 10.2. The Balaban J connectivity index is 2.32. The van der Waals surface area contributed by atoms with Crippen molar-refractivity contribution >= 4 is 46.0 Å². The maximum absolute atomic E-state index is 6.08. The van der Waals surface area contributed by atoms with Crippen LogP contribution in [0.15, 0.2) is 24.5 Å². The van der Waals surface area contributed by atoms with Gasteiger partial charge in [-0.2, -0.15) is 4.98 Å². The van der Waals surface area contributed by atoms with Crippen LogP contribution in [0.3, 0.4) is 0 Å². The number of ether oxygens (including phenoxy) is 1. The molecule has 0 N–H and O–H groups in total. The van der Waals surface area contributed by atoms with Gasteiger partial charge in [0.2, 0.25) is 5.88 Å². The summed E-state index contributed by atoms with van der Waals surface area (Å²) in [7, 11) is 1.53. The van der Waals surface area contributed by atoms with Gasteiger partial charge in [0.15, 0.2) is 11.2 Å². The molecule has 3 aromatic rings. The third-order valence-corrected chi connectivity index (χ3v) is 3.93. The van der Waals surface area contributed by atoms with Gasteiger partial charge in [0, 0.05) is 0 Å². The fourth-order valence-corrected chi connectivity index (χ4v) is 2.52. The van der Waals surface area contributed by atoms with E-state index in [4.69, 9.17) is 39.5 Å². The van der Waals surface area contributed by atoms with Gasteiger partial charge in [-0.1, -0.05) is 23.2 Å². The minimum absolute atomic E-state index is 0.208. The van der Waals surface area contributed by atoms with Crippen molar-refractivity contribution in [3.63, 3.8) is 0 Å². The van der Waals surface area contributed by atoms with E-state index >= 15 is 0 Å². The molecule has 0 aliphatic heterocycles. The monoisotopic (exact) mass is 342 g/mol. The molecule has 0 aliphatic rings. The van der Waals surface area contributed by atoms with Gasteiger partial charge in [-0.05, 0) is 18.2 Å². The quantitative estimate of drug-likeness (QED) is 0.677. The molecule has 1 aromatic carbocycles. The first-order valence-corrected chi connectivity index (χ1v) is 7.22. The lowest BCUT2D eigenvalue weighted by Gasteiger charge is -2.08. The average Bonchev–Trinajstić information content (AvgIpc) is 2.88. The molecule has 0 unspecified atom stereocenters. The predicted molar refractivity (Wildman–Crippen MR) is 82.8 cm³/mol. The minimum atomic E-state index is 0.208. The molecule has 0 saturated carbocycles. The van der Waals surface area contributed by atoms with Gasteiger partial charge in [-0.3, -0.25) is 4.57 Å². The second-order valence-corrected chi connectivity index (χ2v) is 5.23. The number of hydrogen-bond donors (Lipinski definition) is 0. The molecule has 0 aliphatic carbocycles. The molecule has 5 nitrogen and oxygen atoms in total. The summed E-state index contributed by atoms with van der Waals surface area (Å²) in [6, 6.07) is 5.26. The van der Waals surface area contributed by atoms with E-state index in [1.165, 1.54) is 13.4 Å². The summed E-state index contributed by atoms with van der Waals surface area (Å²) in [6.07, 6.45) is 1.41. The molecule has 0 bridgehead atoms. The van der Waals surface area contributed by atoms with E-state index in [1.807, 2.05) is 6.07 Å². The average molecular weight is 344 g/mol. The first kappa shape index (κ1) is 14.4. The van der Waals surface area contributed by atoms with Crippen LogP contribution in [0.5, 0.6) is 5.88 Å². The fraction of sp³-hybridized carbons (Fsp3) is 0.154. The zero-order chi connectivity index (χ0) is 15.0. The molecular formula is C13H9Cl3N4O. The number of methoxy groups -OCH3 is 1. The summed E-state index contributed by atoms with van der Waals surface area (Å²) < 4.78 is 7.00. The third-order valence-electron chi connectivity index (χ3n) is 2.95. The largest absolute Gasteiger partial charge is 0.479 e. The Bertz CT molecular complexity index is 819. The summed E-state index contributed by atoms with van der Waals surface area (Å²) in [6.45, 7) is 0. The van der Waals surface area contributed by atoms with Crippen LogP contribution in [0.4, 0.5) is 0 Å². The van der Waals surface area contributed by atoms with Crippen LogP contribution in [0.25, 0.3) is 16.9 Å². The highest BCUT2D eigenvalue weighted by atomic mass is 35.5. The smallest absolute Gasteiger partial charge is 0.245 e. The Morgan fingerprint density at radius 3 is 2.67 bits per heavy atom. The molecule has 0 spiro atoms. The zero-order valence-corrected chi connectivity index (χ0v) is 13.1. The van der Waals surface area contributed by atoms with Crippen molar-refractivity contribution in [2.75, 3.05) is 7.11 Å². The van der Waals surface area contributed by atoms with E-state index < -0.39 is 0 Å². The molecule has 2 aromatic heterocycles. The lowest BCUT2D eigenvalue weighted by Crippen LogP contribution is -2.00. The Morgan fingerprint density at radius 1 is 1.19 bits per heavy atom. The van der Waals surface area contributed by atoms with E-state index in [9.17, 15) is 0 Å². The van der Waals surface area contributed by atoms with Crippen LogP contribution in [-0.4, -0.2) is 26.6 Å². The van der Waals surface area contributed by atoms with Crippen LogP contribution in [-0.2, 0) is 5.88 Å². The second kappa shape index (κ2) is 5.67. The number of rotatable bonds is 3. The maximum Gasteiger partial charge on any atom is 0.245 e. The lowest BCUT2D eigenvalue weighted by atomic mass is 10.3. The second-order valence-electron chi connectivity index (χ2n) is 4.15. The van der Waals surface area contributed by atoms with Crippen LogP contribution < -0.4 is 4.74 Å². The number of fused-ring (bicyclic) bond motifs is 1. The van der Waals surface area contributed by atoms with Crippen LogP contribution in [0.1, 0.15) is 5.82 Å². The number of alkyl halides is 1. The minimum Gasteiger partial charge on any atom is -0.479 e. The summed E-state index contributed by atoms with van der Waals surface area (Å²) in [5, 5.41) is 0.919. The SMILES string of the molecule is COc1ncnc2c1nc(CCl)n2-c1ccc(Cl)c(Cl)c1. The fourth-order valence-electron chi connectivity index (χ4n) is 2.05. The van der Waals surface area contributed by atoms with E-state index in [-0.39, 0.29) is 5.88 Å². The molecule has 2 heterocycles. The Labute approximate surface area is 135 Å². The molecule has 0 amide bonds. The molecule has 0 fully saturated rings. The van der Waals surface area contributed by atoms with E-state index in [1.54, 1.807) is 16.7 Å². The normalized spacial score (nSPS) is 11.0. The van der Waals surface area contributed by atoms with E-state index in [0.717, 1.165) is 5.69 Å². The standard InChI is InChI=1S/C13H9Cl3N4O/c1-21-13-11-12(17-6-18-13)20(10(5-14)19-11)7-2-3-8(15)9(16)4-7/h2-4,6H,5H2,1H3. The Morgan fingerprint density at radius 2 is 2.00 bits per heavy atom. The Hall–Kier alpha value is -1.56. The van der Waals surface area contributed by atoms with Crippen LogP contribution in [0, 0.1) is 0 Å². The van der Waals surface area contributed by atoms with Gasteiger partial charge >= 0.3 is 0 Å². The predicted octanol–water partition coefficient (Wildman–Crippen LogP) is 3.87. The maximum atomic E-state index is 6.08. The number of benzene rings is 1.